The first-order valence-corrected chi connectivity index (χ1v) is 5.49. The zero-order chi connectivity index (χ0) is 10.6. The quantitative estimate of drug-likeness (QED) is 0.476. The van der Waals surface area contributed by atoms with Crippen molar-refractivity contribution in [3.63, 3.8) is 0 Å². The van der Waals surface area contributed by atoms with Crippen LogP contribution in [0, 0.1) is 11.8 Å². The molecular formula is C12H23NO. The van der Waals surface area contributed by atoms with Crippen LogP contribution in [0.5, 0.6) is 0 Å². The molecule has 0 aliphatic carbocycles. The normalized spacial score (nSPS) is 11.9. The van der Waals surface area contributed by atoms with Gasteiger partial charge < -0.3 is 10.1 Å². The lowest BCUT2D eigenvalue weighted by atomic mass is 10.1. The Labute approximate surface area is 88.4 Å². The van der Waals surface area contributed by atoms with E-state index in [9.17, 15) is 0 Å². The van der Waals surface area contributed by atoms with E-state index in [2.05, 4.69) is 17.2 Å². The number of nitrogens with one attached hydrogen (secondary N) is 1. The summed E-state index contributed by atoms with van der Waals surface area (Å²) in [5, 5.41) is 3.31. The third-order valence-corrected chi connectivity index (χ3v) is 2.25. The molecule has 1 atom stereocenters. The van der Waals surface area contributed by atoms with Gasteiger partial charge in [-0.15, -0.1) is 11.8 Å². The minimum absolute atomic E-state index is 0.594. The summed E-state index contributed by atoms with van der Waals surface area (Å²) in [4.78, 5) is 0. The molecule has 82 valence electrons. The second-order valence-electron chi connectivity index (χ2n) is 3.29. The average molecular weight is 197 g/mol. The number of hydrogen-bond donors (Lipinski definition) is 1. The fraction of sp³-hybridized carbons (Fsp3) is 0.833. The van der Waals surface area contributed by atoms with E-state index in [1.165, 1.54) is 6.42 Å². The third-order valence-electron chi connectivity index (χ3n) is 2.25. The van der Waals surface area contributed by atoms with Gasteiger partial charge in [-0.25, -0.2) is 0 Å². The van der Waals surface area contributed by atoms with Gasteiger partial charge in [-0.1, -0.05) is 0 Å². The van der Waals surface area contributed by atoms with E-state index in [1.807, 2.05) is 20.9 Å². The Morgan fingerprint density at radius 3 is 2.71 bits per heavy atom. The standard InChI is InChI=1S/C12H23NO/c1-4-6-7-9-12(13-3)10-8-11-14-5-2/h12-13H,5,7-11H2,1-3H3. The highest BCUT2D eigenvalue weighted by Crippen LogP contribution is 2.04. The summed E-state index contributed by atoms with van der Waals surface area (Å²) in [7, 11) is 2.02. The first kappa shape index (κ1) is 13.5. The summed E-state index contributed by atoms with van der Waals surface area (Å²) in [5.74, 6) is 6.01. The lowest BCUT2D eigenvalue weighted by molar-refractivity contribution is 0.141. The molecule has 0 saturated carbocycles. The molecule has 0 aromatic rings. The first-order chi connectivity index (χ1) is 6.85. The van der Waals surface area contributed by atoms with Crippen LogP contribution in [0.25, 0.3) is 0 Å². The van der Waals surface area contributed by atoms with Gasteiger partial charge in [0.25, 0.3) is 0 Å². The van der Waals surface area contributed by atoms with Crippen LogP contribution in [0.4, 0.5) is 0 Å². The second-order valence-corrected chi connectivity index (χ2v) is 3.29. The maximum absolute atomic E-state index is 5.30. The smallest absolute Gasteiger partial charge is 0.0466 e. The monoisotopic (exact) mass is 197 g/mol. The Hall–Kier alpha value is -0.520. The zero-order valence-corrected chi connectivity index (χ0v) is 9.73. The summed E-state index contributed by atoms with van der Waals surface area (Å²) in [6, 6.07) is 0.594. The van der Waals surface area contributed by atoms with Crippen molar-refractivity contribution in [1.29, 1.82) is 0 Å². The Morgan fingerprint density at radius 2 is 2.14 bits per heavy atom. The van der Waals surface area contributed by atoms with Crippen molar-refractivity contribution in [3.05, 3.63) is 0 Å². The molecule has 0 aromatic carbocycles. The molecule has 0 rings (SSSR count). The molecular weight excluding hydrogens is 174 g/mol. The van der Waals surface area contributed by atoms with Crippen LogP contribution in [0.2, 0.25) is 0 Å². The molecule has 0 fully saturated rings. The van der Waals surface area contributed by atoms with Gasteiger partial charge in [0, 0.05) is 25.7 Å². The Morgan fingerprint density at radius 1 is 1.36 bits per heavy atom. The number of ether oxygens (including phenoxy) is 1. The molecule has 0 saturated heterocycles. The highest BCUT2D eigenvalue weighted by Gasteiger charge is 2.03. The minimum atomic E-state index is 0.594. The van der Waals surface area contributed by atoms with Crippen molar-refractivity contribution in [1.82, 2.24) is 5.32 Å². The molecule has 0 radical (unpaired) electrons. The Bertz CT molecular complexity index is 169. The van der Waals surface area contributed by atoms with E-state index in [0.717, 1.165) is 32.5 Å². The van der Waals surface area contributed by atoms with Gasteiger partial charge in [0.05, 0.1) is 0 Å². The van der Waals surface area contributed by atoms with Gasteiger partial charge in [-0.05, 0) is 40.2 Å². The van der Waals surface area contributed by atoms with E-state index in [0.29, 0.717) is 6.04 Å². The van der Waals surface area contributed by atoms with E-state index in [-0.39, 0.29) is 0 Å². The number of rotatable bonds is 8. The molecule has 0 aliphatic heterocycles. The molecule has 0 spiro atoms. The molecule has 0 bridgehead atoms. The lowest BCUT2D eigenvalue weighted by Crippen LogP contribution is -2.25. The molecule has 1 N–H and O–H groups in total. The van der Waals surface area contributed by atoms with Gasteiger partial charge in [0.2, 0.25) is 0 Å². The summed E-state index contributed by atoms with van der Waals surface area (Å²) in [5.41, 5.74) is 0. The van der Waals surface area contributed by atoms with Gasteiger partial charge >= 0.3 is 0 Å². The molecule has 2 heteroatoms. The van der Waals surface area contributed by atoms with Crippen molar-refractivity contribution in [2.24, 2.45) is 0 Å². The van der Waals surface area contributed by atoms with Crippen molar-refractivity contribution < 1.29 is 4.74 Å². The zero-order valence-electron chi connectivity index (χ0n) is 9.73. The summed E-state index contributed by atoms with van der Waals surface area (Å²) in [6.45, 7) is 5.63. The van der Waals surface area contributed by atoms with Crippen molar-refractivity contribution in [2.75, 3.05) is 20.3 Å². The first-order valence-electron chi connectivity index (χ1n) is 5.49. The van der Waals surface area contributed by atoms with Crippen LogP contribution in [0.1, 0.15) is 39.5 Å². The molecule has 2 nitrogen and oxygen atoms in total. The largest absolute Gasteiger partial charge is 0.382 e. The summed E-state index contributed by atoms with van der Waals surface area (Å²) in [6.07, 6.45) is 4.46. The third kappa shape index (κ3) is 8.10. The van der Waals surface area contributed by atoms with E-state index in [4.69, 9.17) is 4.74 Å². The molecule has 0 aliphatic rings. The van der Waals surface area contributed by atoms with Crippen LogP contribution in [-0.2, 0) is 4.74 Å². The van der Waals surface area contributed by atoms with Crippen LogP contribution in [0.15, 0.2) is 0 Å². The second kappa shape index (κ2) is 10.6. The van der Waals surface area contributed by atoms with Crippen molar-refractivity contribution >= 4 is 0 Å². The van der Waals surface area contributed by atoms with Gasteiger partial charge in [-0.2, -0.15) is 0 Å². The fourth-order valence-corrected chi connectivity index (χ4v) is 1.38. The summed E-state index contributed by atoms with van der Waals surface area (Å²) >= 11 is 0. The SMILES string of the molecule is CC#CCCC(CCCOCC)NC. The predicted octanol–water partition coefficient (Wildman–Crippen LogP) is 2.19. The molecule has 1 unspecified atom stereocenters. The highest BCUT2D eigenvalue weighted by atomic mass is 16.5. The topological polar surface area (TPSA) is 21.3 Å². The van der Waals surface area contributed by atoms with Gasteiger partial charge in [0.15, 0.2) is 0 Å². The van der Waals surface area contributed by atoms with Gasteiger partial charge in [0.1, 0.15) is 0 Å². The van der Waals surface area contributed by atoms with Crippen LogP contribution < -0.4 is 5.32 Å². The molecule has 0 amide bonds. The van der Waals surface area contributed by atoms with Crippen LogP contribution in [0.3, 0.4) is 0 Å². The van der Waals surface area contributed by atoms with E-state index in [1.54, 1.807) is 0 Å². The fourth-order valence-electron chi connectivity index (χ4n) is 1.38. The van der Waals surface area contributed by atoms with Gasteiger partial charge in [-0.3, -0.25) is 0 Å². The Kier molecular flexibility index (Phi) is 10.2. The minimum Gasteiger partial charge on any atom is -0.382 e. The van der Waals surface area contributed by atoms with Crippen LogP contribution >= 0.6 is 0 Å². The molecule has 0 aromatic heterocycles. The maximum atomic E-state index is 5.30. The van der Waals surface area contributed by atoms with Crippen molar-refractivity contribution in [3.8, 4) is 11.8 Å². The predicted molar refractivity (Wildman–Crippen MR) is 61.3 cm³/mol. The lowest BCUT2D eigenvalue weighted by Gasteiger charge is -2.14. The summed E-state index contributed by atoms with van der Waals surface area (Å²) < 4.78 is 5.30. The van der Waals surface area contributed by atoms with E-state index < -0.39 is 0 Å². The molecule has 0 heterocycles. The van der Waals surface area contributed by atoms with E-state index >= 15 is 0 Å². The Balaban J connectivity index is 3.41. The maximum Gasteiger partial charge on any atom is 0.0466 e. The molecule has 14 heavy (non-hydrogen) atoms. The van der Waals surface area contributed by atoms with Crippen LogP contribution in [-0.4, -0.2) is 26.3 Å². The van der Waals surface area contributed by atoms with Crippen molar-refractivity contribution in [2.45, 2.75) is 45.6 Å². The highest BCUT2D eigenvalue weighted by molar-refractivity contribution is 4.95. The average Bonchev–Trinajstić information content (AvgIpc) is 2.22. The number of hydrogen-bond acceptors (Lipinski definition) is 2.